The van der Waals surface area contributed by atoms with Crippen molar-refractivity contribution in [2.75, 3.05) is 0 Å². The molecule has 2 rings (SSSR count). The van der Waals surface area contributed by atoms with E-state index in [2.05, 4.69) is 93.9 Å². The summed E-state index contributed by atoms with van der Waals surface area (Å²) in [5.74, 6) is 0. The summed E-state index contributed by atoms with van der Waals surface area (Å²) >= 11 is 0. The van der Waals surface area contributed by atoms with E-state index in [0.717, 1.165) is 18.5 Å². The molecule has 27 heavy (non-hydrogen) atoms. The molecule has 0 amide bonds. The second-order valence-electron chi connectivity index (χ2n) is 7.09. The number of nitrogens with one attached hydrogen (secondary N) is 1. The van der Waals surface area contributed by atoms with E-state index in [-0.39, 0.29) is 0 Å². The topological polar surface area (TPSA) is 12.0 Å². The monoisotopic (exact) mass is 357 g/mol. The molecule has 0 spiro atoms. The molecule has 0 aliphatic rings. The standard InChI is InChI=1S/C26H31N/c1-6-10-24(7-2)21(4)14-13-20(3)17-22(5)27-19-23-15-16-25-11-8-9-12-26(25)18-23/h6-16,18,22,27H,1-2,17,19H2,3-5H3/b20-13+,21-14+,24-10+. The zero-order valence-corrected chi connectivity index (χ0v) is 16.8. The molecule has 1 atom stereocenters. The van der Waals surface area contributed by atoms with Crippen molar-refractivity contribution >= 4 is 10.8 Å². The Kier molecular flexibility index (Phi) is 8.03. The Morgan fingerprint density at radius 3 is 2.44 bits per heavy atom. The second-order valence-corrected chi connectivity index (χ2v) is 7.09. The van der Waals surface area contributed by atoms with Gasteiger partial charge in [-0.15, -0.1) is 0 Å². The minimum atomic E-state index is 0.420. The molecule has 140 valence electrons. The molecule has 1 heteroatoms. The van der Waals surface area contributed by atoms with Gasteiger partial charge in [0.2, 0.25) is 0 Å². The Balaban J connectivity index is 1.91. The van der Waals surface area contributed by atoms with Crippen molar-refractivity contribution in [1.29, 1.82) is 0 Å². The minimum absolute atomic E-state index is 0.420. The first-order valence-electron chi connectivity index (χ1n) is 9.54. The summed E-state index contributed by atoms with van der Waals surface area (Å²) in [5, 5.41) is 6.22. The minimum Gasteiger partial charge on any atom is -0.310 e. The van der Waals surface area contributed by atoms with E-state index in [4.69, 9.17) is 0 Å². The van der Waals surface area contributed by atoms with Crippen molar-refractivity contribution in [1.82, 2.24) is 5.32 Å². The quantitative estimate of drug-likeness (QED) is 0.481. The van der Waals surface area contributed by atoms with Crippen molar-refractivity contribution in [2.45, 2.75) is 39.8 Å². The molecule has 0 fully saturated rings. The highest BCUT2D eigenvalue weighted by Gasteiger charge is 2.03. The molecule has 0 aliphatic carbocycles. The van der Waals surface area contributed by atoms with Crippen molar-refractivity contribution in [3.8, 4) is 0 Å². The summed E-state index contributed by atoms with van der Waals surface area (Å²) in [4.78, 5) is 0. The maximum absolute atomic E-state index is 3.86. The summed E-state index contributed by atoms with van der Waals surface area (Å²) in [7, 11) is 0. The van der Waals surface area contributed by atoms with Crippen molar-refractivity contribution in [3.05, 3.63) is 108 Å². The molecule has 0 radical (unpaired) electrons. The summed E-state index contributed by atoms with van der Waals surface area (Å²) in [5.41, 5.74) is 4.98. The summed E-state index contributed by atoms with van der Waals surface area (Å²) in [6.07, 6.45) is 11.0. The maximum Gasteiger partial charge on any atom is 0.0208 e. The van der Waals surface area contributed by atoms with Crippen LogP contribution in [0.25, 0.3) is 10.8 Å². The smallest absolute Gasteiger partial charge is 0.0208 e. The lowest BCUT2D eigenvalue weighted by Crippen LogP contribution is -2.25. The van der Waals surface area contributed by atoms with E-state index < -0.39 is 0 Å². The fourth-order valence-corrected chi connectivity index (χ4v) is 3.11. The highest BCUT2D eigenvalue weighted by atomic mass is 14.9. The van der Waals surface area contributed by atoms with Gasteiger partial charge >= 0.3 is 0 Å². The largest absolute Gasteiger partial charge is 0.310 e. The van der Waals surface area contributed by atoms with Gasteiger partial charge in [-0.3, -0.25) is 0 Å². The normalized spacial score (nSPS) is 14.3. The molecule has 0 aromatic heterocycles. The fourth-order valence-electron chi connectivity index (χ4n) is 3.11. The van der Waals surface area contributed by atoms with E-state index in [1.54, 1.807) is 6.08 Å². The molecule has 1 N–H and O–H groups in total. The molecule has 0 bridgehead atoms. The van der Waals surface area contributed by atoms with Crippen LogP contribution in [-0.2, 0) is 6.54 Å². The van der Waals surface area contributed by atoms with E-state index in [0.29, 0.717) is 6.04 Å². The van der Waals surface area contributed by atoms with Gasteiger partial charge in [0.25, 0.3) is 0 Å². The van der Waals surface area contributed by atoms with Gasteiger partial charge in [-0.25, -0.2) is 0 Å². The maximum atomic E-state index is 3.86. The molecular formula is C26H31N. The highest BCUT2D eigenvalue weighted by Crippen LogP contribution is 2.16. The zero-order valence-electron chi connectivity index (χ0n) is 16.8. The van der Waals surface area contributed by atoms with Gasteiger partial charge in [0.15, 0.2) is 0 Å². The summed E-state index contributed by atoms with van der Waals surface area (Å²) < 4.78 is 0. The zero-order chi connectivity index (χ0) is 19.6. The Labute approximate surface area is 164 Å². The van der Waals surface area contributed by atoms with Crippen LogP contribution in [0, 0.1) is 0 Å². The Morgan fingerprint density at radius 1 is 1.00 bits per heavy atom. The van der Waals surface area contributed by atoms with Crippen LogP contribution in [0.2, 0.25) is 0 Å². The van der Waals surface area contributed by atoms with Crippen LogP contribution in [0.1, 0.15) is 32.8 Å². The SMILES string of the molecule is C=C/C=C(C=C)/C(C)=C/C=C(\C)CC(C)NCc1ccc2ccccc2c1. The lowest BCUT2D eigenvalue weighted by atomic mass is 10.0. The van der Waals surface area contributed by atoms with Crippen molar-refractivity contribution in [3.63, 3.8) is 0 Å². The van der Waals surface area contributed by atoms with Crippen LogP contribution >= 0.6 is 0 Å². The molecule has 1 nitrogen and oxygen atoms in total. The van der Waals surface area contributed by atoms with Gasteiger partial charge in [0.1, 0.15) is 0 Å². The lowest BCUT2D eigenvalue weighted by molar-refractivity contribution is 0.544. The van der Waals surface area contributed by atoms with E-state index in [1.807, 2.05) is 12.2 Å². The number of hydrogen-bond acceptors (Lipinski definition) is 1. The number of hydrogen-bond donors (Lipinski definition) is 1. The van der Waals surface area contributed by atoms with Crippen molar-refractivity contribution in [2.24, 2.45) is 0 Å². The number of benzene rings is 2. The van der Waals surface area contributed by atoms with Crippen LogP contribution in [0.3, 0.4) is 0 Å². The third-order valence-corrected chi connectivity index (χ3v) is 4.69. The van der Waals surface area contributed by atoms with Gasteiger partial charge < -0.3 is 5.32 Å². The lowest BCUT2D eigenvalue weighted by Gasteiger charge is -2.14. The average molecular weight is 358 g/mol. The van der Waals surface area contributed by atoms with E-state index in [1.165, 1.54) is 27.5 Å². The predicted molar refractivity (Wildman–Crippen MR) is 121 cm³/mol. The highest BCUT2D eigenvalue weighted by molar-refractivity contribution is 5.82. The average Bonchev–Trinajstić information content (AvgIpc) is 2.68. The first-order chi connectivity index (χ1) is 13.0. The molecule has 0 aliphatic heterocycles. The van der Waals surface area contributed by atoms with Crippen LogP contribution in [0.4, 0.5) is 0 Å². The second kappa shape index (κ2) is 10.5. The molecule has 0 heterocycles. The molecule has 0 saturated heterocycles. The third-order valence-electron chi connectivity index (χ3n) is 4.69. The number of rotatable bonds is 9. The van der Waals surface area contributed by atoms with E-state index >= 15 is 0 Å². The van der Waals surface area contributed by atoms with Gasteiger partial charge in [-0.05, 0) is 60.7 Å². The first-order valence-corrected chi connectivity index (χ1v) is 9.54. The van der Waals surface area contributed by atoms with Gasteiger partial charge in [-0.2, -0.15) is 0 Å². The molecule has 2 aromatic rings. The van der Waals surface area contributed by atoms with Crippen LogP contribution in [0.5, 0.6) is 0 Å². The predicted octanol–water partition coefficient (Wildman–Crippen LogP) is 6.90. The van der Waals surface area contributed by atoms with E-state index in [9.17, 15) is 0 Å². The third kappa shape index (κ3) is 6.54. The fraction of sp³-hybridized carbons (Fsp3) is 0.231. The van der Waals surface area contributed by atoms with Crippen LogP contribution in [0.15, 0.2) is 103 Å². The Morgan fingerprint density at radius 2 is 1.74 bits per heavy atom. The van der Waals surface area contributed by atoms with Crippen molar-refractivity contribution < 1.29 is 0 Å². The number of allylic oxidation sites excluding steroid dienone is 7. The summed E-state index contributed by atoms with van der Waals surface area (Å²) in [6, 6.07) is 15.6. The molecule has 1 unspecified atom stereocenters. The Hall–Kier alpha value is -2.64. The van der Waals surface area contributed by atoms with Crippen LogP contribution < -0.4 is 5.32 Å². The van der Waals surface area contributed by atoms with Crippen LogP contribution in [-0.4, -0.2) is 6.04 Å². The summed E-state index contributed by atoms with van der Waals surface area (Å²) in [6.45, 7) is 15.0. The first kappa shape index (κ1) is 20.7. The Bertz CT molecular complexity index is 880. The molecule has 0 saturated carbocycles. The molecule has 2 aromatic carbocycles. The van der Waals surface area contributed by atoms with Gasteiger partial charge in [0.05, 0.1) is 0 Å². The van der Waals surface area contributed by atoms with Gasteiger partial charge in [-0.1, -0.05) is 85.5 Å². The molecular weight excluding hydrogens is 326 g/mol. The van der Waals surface area contributed by atoms with Gasteiger partial charge in [0, 0.05) is 12.6 Å². The number of fused-ring (bicyclic) bond motifs is 1.